The first kappa shape index (κ1) is 23.5. The molecule has 3 heterocycles. The predicted molar refractivity (Wildman–Crippen MR) is 133 cm³/mol. The van der Waals surface area contributed by atoms with Crippen molar-refractivity contribution in [3.63, 3.8) is 0 Å². The van der Waals surface area contributed by atoms with Gasteiger partial charge in [-0.2, -0.15) is 0 Å². The SMILES string of the molecule is CC(=O)N1c2ccc(-c3ccc(C(=O)N4CCOCC4)cc3)cc2N(C(=O)C2CCCO2)C[C@@H]1C. The Balaban J connectivity index is 1.46. The molecule has 0 spiro atoms. The molecule has 8 heteroatoms. The quantitative estimate of drug-likeness (QED) is 0.679. The molecule has 2 aromatic carbocycles. The Hall–Kier alpha value is -3.23. The summed E-state index contributed by atoms with van der Waals surface area (Å²) >= 11 is 0. The molecule has 0 bridgehead atoms. The van der Waals surface area contributed by atoms with E-state index in [1.807, 2.05) is 54.3 Å². The van der Waals surface area contributed by atoms with E-state index in [9.17, 15) is 14.4 Å². The van der Waals surface area contributed by atoms with E-state index >= 15 is 0 Å². The van der Waals surface area contributed by atoms with Crippen LogP contribution in [0, 0.1) is 0 Å². The van der Waals surface area contributed by atoms with Crippen molar-refractivity contribution in [2.75, 3.05) is 49.3 Å². The predicted octanol–water partition coefficient (Wildman–Crippen LogP) is 3.09. The zero-order valence-electron chi connectivity index (χ0n) is 20.2. The number of rotatable bonds is 3. The Kier molecular flexibility index (Phi) is 6.58. The Labute approximate surface area is 205 Å². The molecule has 0 aliphatic carbocycles. The highest BCUT2D eigenvalue weighted by Crippen LogP contribution is 2.39. The average Bonchev–Trinajstić information content (AvgIpc) is 3.42. The number of amides is 3. The summed E-state index contributed by atoms with van der Waals surface area (Å²) in [4.78, 5) is 43.9. The third kappa shape index (κ3) is 4.56. The molecule has 3 amide bonds. The van der Waals surface area contributed by atoms with Crippen molar-refractivity contribution in [1.82, 2.24) is 4.90 Å². The van der Waals surface area contributed by atoms with Crippen LogP contribution in [-0.4, -0.2) is 74.2 Å². The summed E-state index contributed by atoms with van der Waals surface area (Å²) in [6, 6.07) is 13.2. The molecule has 0 saturated carbocycles. The maximum Gasteiger partial charge on any atom is 0.256 e. The van der Waals surface area contributed by atoms with Gasteiger partial charge in [0.25, 0.3) is 11.8 Å². The number of anilines is 2. The molecule has 3 aliphatic heterocycles. The van der Waals surface area contributed by atoms with E-state index in [0.29, 0.717) is 57.1 Å². The van der Waals surface area contributed by atoms with Crippen LogP contribution < -0.4 is 9.80 Å². The molecule has 3 aliphatic rings. The van der Waals surface area contributed by atoms with Crippen molar-refractivity contribution >= 4 is 29.1 Å². The molecular formula is C27H31N3O5. The van der Waals surface area contributed by atoms with Crippen LogP contribution in [0.3, 0.4) is 0 Å². The van der Waals surface area contributed by atoms with Crippen LogP contribution in [0.1, 0.15) is 37.0 Å². The van der Waals surface area contributed by atoms with Crippen LogP contribution in [0.15, 0.2) is 42.5 Å². The number of hydrogen-bond acceptors (Lipinski definition) is 5. The highest BCUT2D eigenvalue weighted by atomic mass is 16.5. The molecule has 184 valence electrons. The van der Waals surface area contributed by atoms with Gasteiger partial charge in [0.05, 0.1) is 30.6 Å². The monoisotopic (exact) mass is 477 g/mol. The van der Waals surface area contributed by atoms with Gasteiger partial charge in [0.15, 0.2) is 0 Å². The topological polar surface area (TPSA) is 79.4 Å². The summed E-state index contributed by atoms with van der Waals surface area (Å²) in [6.45, 7) is 6.86. The molecule has 2 saturated heterocycles. The summed E-state index contributed by atoms with van der Waals surface area (Å²) < 4.78 is 11.0. The molecule has 1 unspecified atom stereocenters. The van der Waals surface area contributed by atoms with Crippen molar-refractivity contribution in [3.8, 4) is 11.1 Å². The Morgan fingerprint density at radius 3 is 2.29 bits per heavy atom. The lowest BCUT2D eigenvalue weighted by atomic mass is 9.99. The number of fused-ring (bicyclic) bond motifs is 1. The van der Waals surface area contributed by atoms with Crippen LogP contribution in [0.25, 0.3) is 11.1 Å². The van der Waals surface area contributed by atoms with Gasteiger partial charge < -0.3 is 24.2 Å². The molecule has 2 aromatic rings. The van der Waals surface area contributed by atoms with Crippen molar-refractivity contribution in [3.05, 3.63) is 48.0 Å². The molecule has 2 atom stereocenters. The third-order valence-electron chi connectivity index (χ3n) is 6.99. The summed E-state index contributed by atoms with van der Waals surface area (Å²) in [5, 5.41) is 0. The van der Waals surface area contributed by atoms with Crippen molar-refractivity contribution in [1.29, 1.82) is 0 Å². The largest absolute Gasteiger partial charge is 0.378 e. The van der Waals surface area contributed by atoms with E-state index < -0.39 is 6.10 Å². The number of hydrogen-bond donors (Lipinski definition) is 0. The van der Waals surface area contributed by atoms with Crippen molar-refractivity contribution in [2.24, 2.45) is 0 Å². The van der Waals surface area contributed by atoms with Crippen LogP contribution in [0.4, 0.5) is 11.4 Å². The first-order chi connectivity index (χ1) is 16.9. The number of ether oxygens (including phenoxy) is 2. The second kappa shape index (κ2) is 9.79. The summed E-state index contributed by atoms with van der Waals surface area (Å²) in [5.41, 5.74) is 3.93. The molecule has 35 heavy (non-hydrogen) atoms. The standard InChI is InChI=1S/C27H31N3O5/c1-18-17-29(27(33)25-4-3-13-35-25)24-16-22(9-10-23(24)30(18)19(2)31)20-5-7-21(8-6-20)26(32)28-11-14-34-15-12-28/h5-10,16,18,25H,3-4,11-15,17H2,1-2H3/t18-,25?/m0/s1. The first-order valence-corrected chi connectivity index (χ1v) is 12.3. The molecule has 5 rings (SSSR count). The summed E-state index contributed by atoms with van der Waals surface area (Å²) in [5.74, 6) is -0.103. The second-order valence-corrected chi connectivity index (χ2v) is 9.37. The summed E-state index contributed by atoms with van der Waals surface area (Å²) in [7, 11) is 0. The number of carbonyl (C=O) groups is 3. The fraction of sp³-hybridized carbons (Fsp3) is 0.444. The van der Waals surface area contributed by atoms with Gasteiger partial charge in [-0.05, 0) is 55.2 Å². The zero-order chi connectivity index (χ0) is 24.5. The minimum absolute atomic E-state index is 0.00436. The normalized spacial score (nSPS) is 22.2. The van der Waals surface area contributed by atoms with E-state index in [4.69, 9.17) is 9.47 Å². The molecule has 2 fully saturated rings. The molecule has 0 aromatic heterocycles. The number of morpholine rings is 1. The maximum atomic E-state index is 13.3. The Morgan fingerprint density at radius 2 is 1.63 bits per heavy atom. The highest BCUT2D eigenvalue weighted by molar-refractivity contribution is 6.06. The van der Waals surface area contributed by atoms with Crippen LogP contribution >= 0.6 is 0 Å². The maximum absolute atomic E-state index is 13.3. The van der Waals surface area contributed by atoms with E-state index in [2.05, 4.69) is 0 Å². The van der Waals surface area contributed by atoms with E-state index in [1.165, 1.54) is 0 Å². The molecular weight excluding hydrogens is 446 g/mol. The Bertz CT molecular complexity index is 1120. The van der Waals surface area contributed by atoms with Gasteiger partial charge in [0.2, 0.25) is 5.91 Å². The van der Waals surface area contributed by atoms with Crippen LogP contribution in [0.2, 0.25) is 0 Å². The van der Waals surface area contributed by atoms with Crippen molar-refractivity contribution < 1.29 is 23.9 Å². The fourth-order valence-electron chi connectivity index (χ4n) is 5.19. The van der Waals surface area contributed by atoms with Gasteiger partial charge in [-0.25, -0.2) is 0 Å². The van der Waals surface area contributed by atoms with Gasteiger partial charge >= 0.3 is 0 Å². The van der Waals surface area contributed by atoms with Gasteiger partial charge in [0.1, 0.15) is 6.10 Å². The van der Waals surface area contributed by atoms with Crippen molar-refractivity contribution in [2.45, 2.75) is 38.8 Å². The van der Waals surface area contributed by atoms with E-state index in [-0.39, 0.29) is 23.8 Å². The van der Waals surface area contributed by atoms with Crippen LogP contribution in [-0.2, 0) is 19.1 Å². The fourth-order valence-corrected chi connectivity index (χ4v) is 5.19. The number of benzene rings is 2. The van der Waals surface area contributed by atoms with Gasteiger partial charge in [0, 0.05) is 38.7 Å². The molecule has 8 nitrogen and oxygen atoms in total. The molecule has 0 N–H and O–H groups in total. The third-order valence-corrected chi connectivity index (χ3v) is 6.99. The van der Waals surface area contributed by atoms with Gasteiger partial charge in [-0.15, -0.1) is 0 Å². The first-order valence-electron chi connectivity index (χ1n) is 12.3. The lowest BCUT2D eigenvalue weighted by Crippen LogP contribution is -2.53. The number of nitrogens with zero attached hydrogens (tertiary/aromatic N) is 3. The van der Waals surface area contributed by atoms with Crippen LogP contribution in [0.5, 0.6) is 0 Å². The lowest BCUT2D eigenvalue weighted by molar-refractivity contribution is -0.127. The van der Waals surface area contributed by atoms with E-state index in [0.717, 1.165) is 23.2 Å². The zero-order valence-corrected chi connectivity index (χ0v) is 20.2. The minimum atomic E-state index is -0.437. The highest BCUT2D eigenvalue weighted by Gasteiger charge is 2.37. The van der Waals surface area contributed by atoms with E-state index in [1.54, 1.807) is 16.7 Å². The Morgan fingerprint density at radius 1 is 0.914 bits per heavy atom. The van der Waals surface area contributed by atoms with Gasteiger partial charge in [-0.1, -0.05) is 18.2 Å². The minimum Gasteiger partial charge on any atom is -0.378 e. The smallest absolute Gasteiger partial charge is 0.256 e. The van der Waals surface area contributed by atoms with Gasteiger partial charge in [-0.3, -0.25) is 14.4 Å². The summed E-state index contributed by atoms with van der Waals surface area (Å²) in [6.07, 6.45) is 1.16. The molecule has 0 radical (unpaired) electrons. The number of carbonyl (C=O) groups excluding carboxylic acids is 3. The lowest BCUT2D eigenvalue weighted by Gasteiger charge is -2.41. The average molecular weight is 478 g/mol. The second-order valence-electron chi connectivity index (χ2n) is 9.37.